The van der Waals surface area contributed by atoms with Crippen LogP contribution in [0, 0.1) is 21.7 Å². The lowest BCUT2D eigenvalue weighted by Crippen LogP contribution is -2.27. The van der Waals surface area contributed by atoms with Gasteiger partial charge < -0.3 is 15.3 Å². The molecule has 0 radical (unpaired) electrons. The molecule has 0 bridgehead atoms. The van der Waals surface area contributed by atoms with E-state index < -0.39 is 46.6 Å². The van der Waals surface area contributed by atoms with E-state index in [0.29, 0.717) is 0 Å². The number of nitro groups is 1. The molecule has 1 atom stereocenters. The maximum atomic E-state index is 13.8. The average Bonchev–Trinajstić information content (AvgIpc) is 2.82. The molecule has 1 aromatic carbocycles. The number of benzene rings is 1. The molecule has 0 aromatic heterocycles. The van der Waals surface area contributed by atoms with Gasteiger partial charge >= 0.3 is 5.97 Å². The third-order valence-corrected chi connectivity index (χ3v) is 5.42. The summed E-state index contributed by atoms with van der Waals surface area (Å²) in [6.07, 6.45) is 8.86. The van der Waals surface area contributed by atoms with E-state index in [9.17, 15) is 28.5 Å². The average molecular weight is 514 g/mol. The fourth-order valence-electron chi connectivity index (χ4n) is 3.44. The maximum absolute atomic E-state index is 13.8. The number of unbranched alkanes of at least 4 members (excludes halogenated alkanes) is 3. The van der Waals surface area contributed by atoms with Crippen LogP contribution >= 0.6 is 0 Å². The maximum Gasteiger partial charge on any atom is 0.352 e. The molecule has 0 aliphatic heterocycles. The zero-order chi connectivity index (χ0) is 27.5. The van der Waals surface area contributed by atoms with Crippen LogP contribution in [0.3, 0.4) is 0 Å². The van der Waals surface area contributed by atoms with E-state index in [-0.39, 0.29) is 12.0 Å². The van der Waals surface area contributed by atoms with E-state index in [1.807, 2.05) is 0 Å². The van der Waals surface area contributed by atoms with Crippen molar-refractivity contribution in [2.45, 2.75) is 78.6 Å². The van der Waals surface area contributed by atoms with Gasteiger partial charge in [-0.2, -0.15) is 0 Å². The van der Waals surface area contributed by atoms with Gasteiger partial charge in [-0.05, 0) is 51.4 Å². The zero-order valence-corrected chi connectivity index (χ0v) is 21.9. The van der Waals surface area contributed by atoms with Gasteiger partial charge in [-0.1, -0.05) is 58.2 Å². The molecule has 0 saturated carbocycles. The summed E-state index contributed by atoms with van der Waals surface area (Å²) in [4.78, 5) is 34.5. The van der Waals surface area contributed by atoms with Crippen LogP contribution in [0.25, 0.3) is 0 Å². The number of carbonyl (C=O) groups excluding carboxylic acids is 1. The molecule has 8 nitrogen and oxygen atoms in total. The number of hydrogen-bond donors (Lipinski definition) is 2. The number of nitrogens with one attached hydrogen (secondary N) is 1. The van der Waals surface area contributed by atoms with Crippen LogP contribution in [0.15, 0.2) is 30.0 Å². The number of allylic oxidation sites excluding steroid dienone is 1. The number of carboxylic acids is 1. The number of amides is 1. The summed E-state index contributed by atoms with van der Waals surface area (Å²) < 4.78 is 27.1. The van der Waals surface area contributed by atoms with Crippen LogP contribution in [0.5, 0.6) is 0 Å². The van der Waals surface area contributed by atoms with Crippen LogP contribution in [-0.2, 0) is 9.59 Å². The van der Waals surface area contributed by atoms with Gasteiger partial charge in [-0.15, -0.1) is 0 Å². The number of halogens is 2. The molecule has 1 amide bonds. The molecule has 2 N–H and O–H groups in total. The lowest BCUT2D eigenvalue weighted by Gasteiger charge is -2.21. The van der Waals surface area contributed by atoms with Gasteiger partial charge in [0.25, 0.3) is 0 Å². The van der Waals surface area contributed by atoms with Gasteiger partial charge in [0.05, 0.1) is 5.92 Å². The number of carboxylic acid groups (broad SMARTS) is 1. The Kier molecular flexibility index (Phi) is 17.8. The Hall–Kier alpha value is -2.88. The predicted octanol–water partition coefficient (Wildman–Crippen LogP) is 5.51. The molecule has 0 fully saturated rings. The summed E-state index contributed by atoms with van der Waals surface area (Å²) in [5.74, 6) is -5.53. The Morgan fingerprint density at radius 1 is 1.08 bits per heavy atom. The van der Waals surface area contributed by atoms with Crippen molar-refractivity contribution in [3.63, 3.8) is 0 Å². The molecule has 0 heterocycles. The van der Waals surface area contributed by atoms with Crippen LogP contribution in [0.1, 0.15) is 84.1 Å². The summed E-state index contributed by atoms with van der Waals surface area (Å²) in [6, 6.07) is 3.27. The Morgan fingerprint density at radius 3 is 2.03 bits per heavy atom. The fraction of sp³-hybridized carbons (Fsp3) is 0.615. The molecule has 0 aliphatic carbocycles. The molecular weight excluding hydrogens is 472 g/mol. The van der Waals surface area contributed by atoms with Gasteiger partial charge in [0, 0.05) is 17.4 Å². The van der Waals surface area contributed by atoms with Gasteiger partial charge in [-0.25, -0.2) is 13.6 Å². The molecule has 0 unspecified atom stereocenters. The molecule has 0 saturated heterocycles. The highest BCUT2D eigenvalue weighted by Crippen LogP contribution is 2.25. The Bertz CT molecular complexity index is 830. The predicted molar refractivity (Wildman–Crippen MR) is 136 cm³/mol. The van der Waals surface area contributed by atoms with Crippen molar-refractivity contribution in [3.05, 3.63) is 57.3 Å². The largest absolute Gasteiger partial charge is 0.477 e. The van der Waals surface area contributed by atoms with Gasteiger partial charge in [0.15, 0.2) is 11.6 Å². The molecule has 10 heteroatoms. The van der Waals surface area contributed by atoms with Crippen molar-refractivity contribution >= 4 is 11.9 Å². The minimum absolute atomic E-state index is 0.231. The first-order valence-electron chi connectivity index (χ1n) is 12.6. The van der Waals surface area contributed by atoms with Gasteiger partial charge in [0.2, 0.25) is 12.5 Å². The van der Waals surface area contributed by atoms with Gasteiger partial charge in [-0.3, -0.25) is 14.9 Å². The first-order chi connectivity index (χ1) is 17.1. The van der Waals surface area contributed by atoms with Crippen molar-refractivity contribution in [2.24, 2.45) is 0 Å². The first kappa shape index (κ1) is 33.1. The zero-order valence-electron chi connectivity index (χ0n) is 21.9. The van der Waals surface area contributed by atoms with Crippen LogP contribution in [0.2, 0.25) is 0 Å². The van der Waals surface area contributed by atoms with E-state index in [4.69, 9.17) is 5.11 Å². The molecular formula is C26H41F2N3O5. The number of rotatable bonds is 16. The summed E-state index contributed by atoms with van der Waals surface area (Å²) in [5, 5.41) is 21.7. The number of nitrogens with zero attached hydrogens (tertiary/aromatic N) is 2. The second-order valence-corrected chi connectivity index (χ2v) is 8.60. The van der Waals surface area contributed by atoms with E-state index >= 15 is 0 Å². The lowest BCUT2D eigenvalue weighted by molar-refractivity contribution is -0.483. The van der Waals surface area contributed by atoms with Crippen molar-refractivity contribution in [1.29, 1.82) is 0 Å². The first-order valence-corrected chi connectivity index (χ1v) is 12.6. The Balaban J connectivity index is 0.000000802. The highest BCUT2D eigenvalue weighted by Gasteiger charge is 2.23. The molecule has 1 rings (SSSR count). The Labute approximate surface area is 212 Å². The standard InChI is InChI=1S/C14H14F2N2O5.C12H27N/c1-8(19)17-12(14(20)21)6-5-9(7-18(22)23)10-3-2-4-11(15)13(10)16;1-4-7-10-13(11-8-5-2)12-9-6-3/h2-4,6,9H,5,7H2,1H3,(H,17,19)(H,20,21);4-12H2,1-3H3/t9-;/m1./s1. The second-order valence-electron chi connectivity index (χ2n) is 8.60. The van der Waals surface area contributed by atoms with E-state index in [1.54, 1.807) is 0 Å². The smallest absolute Gasteiger partial charge is 0.352 e. The molecule has 0 aliphatic rings. The van der Waals surface area contributed by atoms with Crippen molar-refractivity contribution in [3.8, 4) is 0 Å². The van der Waals surface area contributed by atoms with Crippen molar-refractivity contribution < 1.29 is 28.4 Å². The number of aliphatic carboxylic acids is 1. The molecule has 204 valence electrons. The third kappa shape index (κ3) is 14.5. The summed E-state index contributed by atoms with van der Waals surface area (Å²) in [5.41, 5.74) is -0.715. The summed E-state index contributed by atoms with van der Waals surface area (Å²) in [6.45, 7) is 11.2. The van der Waals surface area contributed by atoms with Crippen LogP contribution < -0.4 is 5.32 Å². The monoisotopic (exact) mass is 513 g/mol. The molecule has 0 spiro atoms. The quantitative estimate of drug-likeness (QED) is 0.171. The fourth-order valence-corrected chi connectivity index (χ4v) is 3.44. The van der Waals surface area contributed by atoms with Crippen LogP contribution in [0.4, 0.5) is 8.78 Å². The number of carbonyl (C=O) groups is 2. The van der Waals surface area contributed by atoms with Crippen LogP contribution in [-0.4, -0.2) is 53.0 Å². The normalized spacial score (nSPS) is 12.0. The number of hydrogen-bond acceptors (Lipinski definition) is 5. The van der Waals surface area contributed by atoms with Gasteiger partial charge in [0.1, 0.15) is 5.70 Å². The lowest BCUT2D eigenvalue weighted by atomic mass is 9.94. The third-order valence-electron chi connectivity index (χ3n) is 5.42. The SMILES string of the molecule is CC(=O)NC(=CC[C@H](C[N+](=O)[O-])c1cccc(F)c1F)C(=O)O.CCCCN(CCCC)CCCC. The highest BCUT2D eigenvalue weighted by atomic mass is 19.2. The topological polar surface area (TPSA) is 113 Å². The Morgan fingerprint density at radius 2 is 1.61 bits per heavy atom. The summed E-state index contributed by atoms with van der Waals surface area (Å²) >= 11 is 0. The second kappa shape index (κ2) is 19.3. The minimum atomic E-state index is -1.44. The van der Waals surface area contributed by atoms with E-state index in [0.717, 1.165) is 19.1 Å². The van der Waals surface area contributed by atoms with Crippen molar-refractivity contribution in [1.82, 2.24) is 10.2 Å². The summed E-state index contributed by atoms with van der Waals surface area (Å²) in [7, 11) is 0. The molecule has 1 aromatic rings. The highest BCUT2D eigenvalue weighted by molar-refractivity contribution is 5.91. The molecule has 36 heavy (non-hydrogen) atoms. The van der Waals surface area contributed by atoms with Crippen molar-refractivity contribution in [2.75, 3.05) is 26.2 Å². The van der Waals surface area contributed by atoms with E-state index in [2.05, 4.69) is 31.0 Å². The van der Waals surface area contributed by atoms with E-state index in [1.165, 1.54) is 70.3 Å². The minimum Gasteiger partial charge on any atom is -0.477 e.